The van der Waals surface area contributed by atoms with Crippen LogP contribution in [0.15, 0.2) is 35.2 Å². The van der Waals surface area contributed by atoms with Crippen molar-refractivity contribution >= 4 is 15.7 Å². The molecule has 0 spiro atoms. The first-order valence-corrected chi connectivity index (χ1v) is 7.76. The molecule has 0 aliphatic rings. The second kappa shape index (κ2) is 5.66. The van der Waals surface area contributed by atoms with Gasteiger partial charge >= 0.3 is 0 Å². The highest BCUT2D eigenvalue weighted by Gasteiger charge is 2.21. The van der Waals surface area contributed by atoms with Gasteiger partial charge < -0.3 is 5.11 Å². The van der Waals surface area contributed by atoms with Gasteiger partial charge in [-0.15, -0.1) is 0 Å². The topological polar surface area (TPSA) is 90.2 Å². The van der Waals surface area contributed by atoms with Gasteiger partial charge in [0.25, 0.3) is 10.0 Å². The summed E-state index contributed by atoms with van der Waals surface area (Å²) < 4.78 is 40.2. The molecular weight excluding hydrogens is 307 g/mol. The molecule has 2 aromatic carbocycles. The monoisotopic (exact) mass is 320 g/mol. The first-order valence-electron chi connectivity index (χ1n) is 6.28. The third-order valence-corrected chi connectivity index (χ3v) is 4.65. The Morgan fingerprint density at radius 2 is 1.91 bits per heavy atom. The molecule has 0 saturated heterocycles. The van der Waals surface area contributed by atoms with E-state index in [0.717, 1.165) is 18.2 Å². The number of aryl methyl sites for hydroxylation is 1. The number of benzene rings is 2. The molecule has 22 heavy (non-hydrogen) atoms. The van der Waals surface area contributed by atoms with Gasteiger partial charge in [-0.2, -0.15) is 5.26 Å². The fraction of sp³-hybridized carbons (Fsp3) is 0.133. The van der Waals surface area contributed by atoms with Crippen molar-refractivity contribution in [1.29, 1.82) is 5.26 Å². The molecule has 2 N–H and O–H groups in total. The molecule has 0 aromatic heterocycles. The van der Waals surface area contributed by atoms with E-state index in [1.165, 1.54) is 6.07 Å². The number of sulfonamides is 1. The predicted octanol–water partition coefficient (Wildman–Crippen LogP) is 2.82. The van der Waals surface area contributed by atoms with E-state index in [1.54, 1.807) is 26.0 Å². The van der Waals surface area contributed by atoms with Crippen LogP contribution in [0.25, 0.3) is 0 Å². The van der Waals surface area contributed by atoms with Crippen molar-refractivity contribution in [2.45, 2.75) is 18.7 Å². The number of nitrogens with zero attached hydrogens (tertiary/aromatic N) is 1. The summed E-state index contributed by atoms with van der Waals surface area (Å²) in [7, 11) is -4.08. The van der Waals surface area contributed by atoms with Crippen LogP contribution in [0.1, 0.15) is 16.7 Å². The zero-order valence-electron chi connectivity index (χ0n) is 11.9. The third kappa shape index (κ3) is 2.87. The van der Waals surface area contributed by atoms with E-state index in [4.69, 9.17) is 5.26 Å². The summed E-state index contributed by atoms with van der Waals surface area (Å²) in [5, 5.41) is 18.8. The van der Waals surface area contributed by atoms with Crippen LogP contribution < -0.4 is 4.72 Å². The number of nitriles is 1. The number of rotatable bonds is 3. The Kier molecular flexibility index (Phi) is 4.06. The molecule has 2 rings (SSSR count). The highest BCUT2D eigenvalue weighted by atomic mass is 32.2. The number of anilines is 1. The zero-order chi connectivity index (χ0) is 16.5. The molecule has 0 heterocycles. The highest BCUT2D eigenvalue weighted by molar-refractivity contribution is 7.92. The lowest BCUT2D eigenvalue weighted by molar-refractivity contribution is 0.467. The Morgan fingerprint density at radius 3 is 2.55 bits per heavy atom. The molecule has 114 valence electrons. The van der Waals surface area contributed by atoms with Crippen LogP contribution in [0.5, 0.6) is 5.75 Å². The first-order chi connectivity index (χ1) is 10.3. The SMILES string of the molecule is Cc1ccc(NS(=O)(=O)c2ccc(F)cc2C#N)c(C)c1O. The van der Waals surface area contributed by atoms with E-state index >= 15 is 0 Å². The summed E-state index contributed by atoms with van der Waals surface area (Å²) in [4.78, 5) is -0.323. The standard InChI is InChI=1S/C15H13FN2O3S/c1-9-3-5-13(10(2)15(9)19)18-22(20,21)14-6-4-12(16)7-11(14)8-17/h3-7,18-19H,1-2H3. The minimum absolute atomic E-state index is 0.0141. The molecule has 7 heteroatoms. The molecule has 0 fully saturated rings. The zero-order valence-corrected chi connectivity index (χ0v) is 12.7. The second-order valence-corrected chi connectivity index (χ2v) is 6.41. The number of phenols is 1. The van der Waals surface area contributed by atoms with Crippen LogP contribution >= 0.6 is 0 Å². The van der Waals surface area contributed by atoms with E-state index in [1.807, 2.05) is 0 Å². The number of halogens is 1. The van der Waals surface area contributed by atoms with Crippen LogP contribution in [0.3, 0.4) is 0 Å². The number of hydrogen-bond acceptors (Lipinski definition) is 4. The van der Waals surface area contributed by atoms with E-state index in [2.05, 4.69) is 4.72 Å². The van der Waals surface area contributed by atoms with Gasteiger partial charge in [0.05, 0.1) is 11.3 Å². The molecule has 5 nitrogen and oxygen atoms in total. The van der Waals surface area contributed by atoms with Gasteiger partial charge in [0, 0.05) is 5.56 Å². The summed E-state index contributed by atoms with van der Waals surface area (Å²) in [6.07, 6.45) is 0. The van der Waals surface area contributed by atoms with E-state index < -0.39 is 15.8 Å². The van der Waals surface area contributed by atoms with Crippen molar-refractivity contribution in [3.63, 3.8) is 0 Å². The van der Waals surface area contributed by atoms with Crippen LogP contribution in [-0.2, 0) is 10.0 Å². The van der Waals surface area contributed by atoms with Crippen molar-refractivity contribution < 1.29 is 17.9 Å². The quantitative estimate of drug-likeness (QED) is 0.910. The maximum absolute atomic E-state index is 13.1. The van der Waals surface area contributed by atoms with Gasteiger partial charge in [0.1, 0.15) is 22.5 Å². The highest BCUT2D eigenvalue weighted by Crippen LogP contribution is 2.30. The summed E-state index contributed by atoms with van der Waals surface area (Å²) in [6, 6.07) is 7.58. The lowest BCUT2D eigenvalue weighted by Crippen LogP contribution is -2.15. The summed E-state index contributed by atoms with van der Waals surface area (Å²) >= 11 is 0. The Morgan fingerprint density at radius 1 is 1.23 bits per heavy atom. The lowest BCUT2D eigenvalue weighted by atomic mass is 10.1. The van der Waals surface area contributed by atoms with E-state index in [0.29, 0.717) is 11.1 Å². The first kappa shape index (κ1) is 15.8. The molecular formula is C15H13FN2O3S. The van der Waals surface area contributed by atoms with Crippen LogP contribution in [0.4, 0.5) is 10.1 Å². The fourth-order valence-corrected chi connectivity index (χ4v) is 3.23. The average molecular weight is 320 g/mol. The number of hydrogen-bond donors (Lipinski definition) is 2. The van der Waals surface area contributed by atoms with Crippen LogP contribution in [0, 0.1) is 31.0 Å². The van der Waals surface area contributed by atoms with Gasteiger partial charge in [0.2, 0.25) is 0 Å². The molecule has 0 amide bonds. The Hall–Kier alpha value is -2.59. The molecule has 2 aromatic rings. The normalized spacial score (nSPS) is 11.0. The molecule has 0 saturated carbocycles. The number of phenolic OH excluding ortho intramolecular Hbond substituents is 1. The van der Waals surface area contributed by atoms with Crippen molar-refractivity contribution in [3.8, 4) is 11.8 Å². The average Bonchev–Trinajstić information content (AvgIpc) is 2.47. The van der Waals surface area contributed by atoms with Gasteiger partial charge in [-0.25, -0.2) is 12.8 Å². The largest absolute Gasteiger partial charge is 0.507 e. The number of aromatic hydroxyl groups is 1. The lowest BCUT2D eigenvalue weighted by Gasteiger charge is -2.13. The van der Waals surface area contributed by atoms with Crippen molar-refractivity contribution in [1.82, 2.24) is 0 Å². The van der Waals surface area contributed by atoms with Crippen LogP contribution in [-0.4, -0.2) is 13.5 Å². The Labute approximate surface area is 127 Å². The van der Waals surface area contributed by atoms with Crippen molar-refractivity contribution in [3.05, 3.63) is 52.8 Å². The van der Waals surface area contributed by atoms with Gasteiger partial charge in [-0.1, -0.05) is 6.07 Å². The maximum Gasteiger partial charge on any atom is 0.263 e. The van der Waals surface area contributed by atoms with Crippen LogP contribution in [0.2, 0.25) is 0 Å². The fourth-order valence-electron chi connectivity index (χ4n) is 1.97. The van der Waals surface area contributed by atoms with Crippen molar-refractivity contribution in [2.24, 2.45) is 0 Å². The Balaban J connectivity index is 2.50. The predicted molar refractivity (Wildman–Crippen MR) is 79.5 cm³/mol. The minimum Gasteiger partial charge on any atom is -0.507 e. The number of nitrogens with one attached hydrogen (secondary N) is 1. The minimum atomic E-state index is -4.08. The third-order valence-electron chi connectivity index (χ3n) is 3.23. The van der Waals surface area contributed by atoms with Gasteiger partial charge in [0.15, 0.2) is 0 Å². The summed E-state index contributed by atoms with van der Waals surface area (Å²) in [5.41, 5.74) is 0.877. The van der Waals surface area contributed by atoms with E-state index in [9.17, 15) is 17.9 Å². The van der Waals surface area contributed by atoms with Gasteiger partial charge in [-0.3, -0.25) is 4.72 Å². The molecule has 0 bridgehead atoms. The Bertz CT molecular complexity index is 886. The molecule has 0 aliphatic carbocycles. The van der Waals surface area contributed by atoms with Crippen molar-refractivity contribution in [2.75, 3.05) is 4.72 Å². The second-order valence-electron chi connectivity index (χ2n) is 4.76. The molecule has 0 unspecified atom stereocenters. The summed E-state index contributed by atoms with van der Waals surface area (Å²) in [6.45, 7) is 3.25. The smallest absolute Gasteiger partial charge is 0.263 e. The molecule has 0 radical (unpaired) electrons. The molecule has 0 aliphatic heterocycles. The van der Waals surface area contributed by atoms with Gasteiger partial charge in [-0.05, 0) is 43.7 Å². The van der Waals surface area contributed by atoms with E-state index in [-0.39, 0.29) is 21.9 Å². The summed E-state index contributed by atoms with van der Waals surface area (Å²) in [5.74, 6) is -0.709. The maximum atomic E-state index is 13.1. The molecule has 0 atom stereocenters.